The molecule has 13 heavy (non-hydrogen) atoms. The molecule has 1 atom stereocenters. The summed E-state index contributed by atoms with van der Waals surface area (Å²) in [4.78, 5) is 0. The fourth-order valence-electron chi connectivity index (χ4n) is 1.45. The molecule has 0 bridgehead atoms. The zero-order chi connectivity index (χ0) is 9.84. The van der Waals surface area contributed by atoms with E-state index in [9.17, 15) is 4.39 Å². The van der Waals surface area contributed by atoms with Gasteiger partial charge in [-0.25, -0.2) is 4.39 Å². The van der Waals surface area contributed by atoms with Crippen LogP contribution in [0.2, 0.25) is 0 Å². The zero-order valence-corrected chi connectivity index (χ0v) is 8.18. The maximum atomic E-state index is 13.3. The highest BCUT2D eigenvalue weighted by Crippen LogP contribution is 2.22. The monoisotopic (exact) mass is 181 g/mol. The summed E-state index contributed by atoms with van der Waals surface area (Å²) >= 11 is 0. The van der Waals surface area contributed by atoms with E-state index in [4.69, 9.17) is 5.73 Å². The first-order valence-electron chi connectivity index (χ1n) is 4.61. The third-order valence-corrected chi connectivity index (χ3v) is 2.28. The summed E-state index contributed by atoms with van der Waals surface area (Å²) in [6, 6.07) is 5.21. The molecule has 2 heteroatoms. The van der Waals surface area contributed by atoms with Crippen LogP contribution in [0.25, 0.3) is 0 Å². The van der Waals surface area contributed by atoms with Crippen LogP contribution >= 0.6 is 0 Å². The molecule has 1 nitrogen and oxygen atoms in total. The highest BCUT2D eigenvalue weighted by molar-refractivity contribution is 5.26. The quantitative estimate of drug-likeness (QED) is 0.762. The maximum absolute atomic E-state index is 13.3. The van der Waals surface area contributed by atoms with Crippen LogP contribution < -0.4 is 5.73 Å². The summed E-state index contributed by atoms with van der Waals surface area (Å²) in [5, 5.41) is 0. The van der Waals surface area contributed by atoms with E-state index in [1.807, 2.05) is 19.9 Å². The van der Waals surface area contributed by atoms with Crippen LogP contribution in [-0.2, 0) is 0 Å². The van der Waals surface area contributed by atoms with Crippen molar-refractivity contribution in [1.82, 2.24) is 0 Å². The summed E-state index contributed by atoms with van der Waals surface area (Å²) in [5.41, 5.74) is 7.31. The van der Waals surface area contributed by atoms with Crippen LogP contribution in [0.3, 0.4) is 0 Å². The number of hydrogen-bond acceptors (Lipinski definition) is 1. The van der Waals surface area contributed by atoms with Gasteiger partial charge in [0.05, 0.1) is 0 Å². The normalized spacial score (nSPS) is 12.9. The molecule has 0 fully saturated rings. The molecule has 1 unspecified atom stereocenters. The van der Waals surface area contributed by atoms with E-state index in [1.165, 1.54) is 6.07 Å². The van der Waals surface area contributed by atoms with Gasteiger partial charge < -0.3 is 5.73 Å². The van der Waals surface area contributed by atoms with Crippen LogP contribution in [0, 0.1) is 12.7 Å². The van der Waals surface area contributed by atoms with Gasteiger partial charge in [-0.3, -0.25) is 0 Å². The van der Waals surface area contributed by atoms with Gasteiger partial charge in [-0.2, -0.15) is 0 Å². The molecule has 0 saturated heterocycles. The highest BCUT2D eigenvalue weighted by atomic mass is 19.1. The molecular weight excluding hydrogens is 165 g/mol. The Morgan fingerprint density at radius 1 is 1.46 bits per heavy atom. The lowest BCUT2D eigenvalue weighted by atomic mass is 9.96. The molecule has 2 N–H and O–H groups in total. The smallest absolute Gasteiger partial charge is 0.126 e. The van der Waals surface area contributed by atoms with Gasteiger partial charge in [0, 0.05) is 0 Å². The van der Waals surface area contributed by atoms with Crippen molar-refractivity contribution in [2.24, 2.45) is 5.73 Å². The van der Waals surface area contributed by atoms with E-state index in [-0.39, 0.29) is 11.7 Å². The number of hydrogen-bond donors (Lipinski definition) is 1. The summed E-state index contributed by atoms with van der Waals surface area (Å²) < 4.78 is 13.3. The first kappa shape index (κ1) is 10.2. The second-order valence-electron chi connectivity index (χ2n) is 3.50. The van der Waals surface area contributed by atoms with Crippen molar-refractivity contribution in [1.29, 1.82) is 0 Å². The first-order valence-corrected chi connectivity index (χ1v) is 4.61. The largest absolute Gasteiger partial charge is 0.330 e. The second kappa shape index (κ2) is 4.38. The predicted molar refractivity (Wildman–Crippen MR) is 53.2 cm³/mol. The van der Waals surface area contributed by atoms with Crippen molar-refractivity contribution in [3.05, 3.63) is 35.1 Å². The lowest BCUT2D eigenvalue weighted by Gasteiger charge is -2.11. The molecule has 1 rings (SSSR count). The van der Waals surface area contributed by atoms with E-state index >= 15 is 0 Å². The van der Waals surface area contributed by atoms with Gasteiger partial charge in [-0.05, 0) is 37.4 Å². The van der Waals surface area contributed by atoms with Crippen molar-refractivity contribution >= 4 is 0 Å². The van der Waals surface area contributed by atoms with Gasteiger partial charge in [-0.15, -0.1) is 0 Å². The van der Waals surface area contributed by atoms with Crippen molar-refractivity contribution in [2.45, 2.75) is 26.2 Å². The average Bonchev–Trinajstić information content (AvgIpc) is 2.09. The van der Waals surface area contributed by atoms with E-state index < -0.39 is 0 Å². The molecule has 1 aromatic rings. The third kappa shape index (κ3) is 2.52. The Hall–Kier alpha value is -0.890. The molecule has 0 radical (unpaired) electrons. The molecule has 0 aliphatic carbocycles. The molecule has 0 heterocycles. The van der Waals surface area contributed by atoms with E-state index in [2.05, 4.69) is 0 Å². The van der Waals surface area contributed by atoms with Crippen LogP contribution in [0.1, 0.15) is 30.4 Å². The van der Waals surface area contributed by atoms with Crippen molar-refractivity contribution < 1.29 is 4.39 Å². The van der Waals surface area contributed by atoms with Gasteiger partial charge in [-0.1, -0.05) is 24.6 Å². The van der Waals surface area contributed by atoms with Gasteiger partial charge in [0.1, 0.15) is 5.82 Å². The topological polar surface area (TPSA) is 26.0 Å². The Labute approximate surface area is 78.8 Å². The number of nitrogens with two attached hydrogens (primary N) is 1. The summed E-state index contributed by atoms with van der Waals surface area (Å²) in [6.07, 6.45) is 0.834. The fourth-order valence-corrected chi connectivity index (χ4v) is 1.45. The Kier molecular flexibility index (Phi) is 3.43. The molecule has 72 valence electrons. The molecule has 0 spiro atoms. The number of aryl methyl sites for hydroxylation is 1. The van der Waals surface area contributed by atoms with E-state index in [1.54, 1.807) is 6.07 Å². The molecule has 0 aliphatic heterocycles. The van der Waals surface area contributed by atoms with E-state index in [0.29, 0.717) is 6.54 Å². The number of benzene rings is 1. The summed E-state index contributed by atoms with van der Waals surface area (Å²) in [6.45, 7) is 4.58. The number of halogens is 1. The Morgan fingerprint density at radius 3 is 2.77 bits per heavy atom. The van der Waals surface area contributed by atoms with Crippen LogP contribution in [0.5, 0.6) is 0 Å². The van der Waals surface area contributed by atoms with Gasteiger partial charge in [0.15, 0.2) is 0 Å². The van der Waals surface area contributed by atoms with Gasteiger partial charge >= 0.3 is 0 Å². The van der Waals surface area contributed by atoms with Crippen LogP contribution in [0.4, 0.5) is 4.39 Å². The second-order valence-corrected chi connectivity index (χ2v) is 3.50. The standard InChI is InChI=1S/C11H16FN/c1-8-3-4-11(12)10(7-8)9(2)5-6-13/h3-4,7,9H,5-6,13H2,1-2H3. The fraction of sp³-hybridized carbons (Fsp3) is 0.455. The molecule has 1 aromatic carbocycles. The van der Waals surface area contributed by atoms with Gasteiger partial charge in [0.2, 0.25) is 0 Å². The lowest BCUT2D eigenvalue weighted by Crippen LogP contribution is -2.06. The minimum absolute atomic E-state index is 0.119. The van der Waals surface area contributed by atoms with Crippen molar-refractivity contribution in [3.8, 4) is 0 Å². The Balaban J connectivity index is 2.91. The SMILES string of the molecule is Cc1ccc(F)c(C(C)CCN)c1. The molecule has 0 aliphatic rings. The first-order chi connectivity index (χ1) is 6.15. The number of rotatable bonds is 3. The van der Waals surface area contributed by atoms with Gasteiger partial charge in [0.25, 0.3) is 0 Å². The lowest BCUT2D eigenvalue weighted by molar-refractivity contribution is 0.576. The van der Waals surface area contributed by atoms with Crippen molar-refractivity contribution in [2.75, 3.05) is 6.54 Å². The predicted octanol–water partition coefficient (Wildman–Crippen LogP) is 2.59. The molecular formula is C11H16FN. The highest BCUT2D eigenvalue weighted by Gasteiger charge is 2.09. The summed E-state index contributed by atoms with van der Waals surface area (Å²) in [7, 11) is 0. The van der Waals surface area contributed by atoms with Crippen molar-refractivity contribution in [3.63, 3.8) is 0 Å². The third-order valence-electron chi connectivity index (χ3n) is 2.28. The summed E-state index contributed by atoms with van der Waals surface area (Å²) in [5.74, 6) is 0.0939. The Bertz CT molecular complexity index is 283. The van der Waals surface area contributed by atoms with Crippen LogP contribution in [-0.4, -0.2) is 6.54 Å². The van der Waals surface area contributed by atoms with E-state index in [0.717, 1.165) is 17.5 Å². The maximum Gasteiger partial charge on any atom is 0.126 e. The molecule has 0 saturated carbocycles. The Morgan fingerprint density at radius 2 is 2.15 bits per heavy atom. The minimum Gasteiger partial charge on any atom is -0.330 e. The average molecular weight is 181 g/mol. The zero-order valence-electron chi connectivity index (χ0n) is 8.18. The van der Waals surface area contributed by atoms with Crippen LogP contribution in [0.15, 0.2) is 18.2 Å². The molecule has 0 aromatic heterocycles. The molecule has 0 amide bonds. The minimum atomic E-state index is -0.119.